The summed E-state index contributed by atoms with van der Waals surface area (Å²) in [5.74, 6) is 0.408. The molecule has 1 aliphatic rings. The van der Waals surface area contributed by atoms with Crippen LogP contribution in [0.3, 0.4) is 0 Å². The number of aromatic nitrogens is 3. The van der Waals surface area contributed by atoms with Crippen LogP contribution < -0.4 is 11.1 Å². The summed E-state index contributed by atoms with van der Waals surface area (Å²) >= 11 is 6.48. The molecule has 0 amide bonds. The number of fused-ring (bicyclic) bond motifs is 3. The van der Waals surface area contributed by atoms with Crippen molar-refractivity contribution in [3.8, 4) is 5.69 Å². The van der Waals surface area contributed by atoms with Crippen molar-refractivity contribution >= 4 is 17.3 Å². The van der Waals surface area contributed by atoms with Gasteiger partial charge in [-0.3, -0.25) is 19.1 Å². The van der Waals surface area contributed by atoms with Crippen molar-refractivity contribution in [1.29, 1.82) is 0 Å². The van der Waals surface area contributed by atoms with Gasteiger partial charge in [-0.15, -0.1) is 0 Å². The molecule has 1 aromatic heterocycles. The van der Waals surface area contributed by atoms with Crippen molar-refractivity contribution in [3.63, 3.8) is 0 Å². The summed E-state index contributed by atoms with van der Waals surface area (Å²) < 4.78 is 2.50. The molecule has 0 atom stereocenters. The van der Waals surface area contributed by atoms with Gasteiger partial charge in [-0.1, -0.05) is 48.0 Å². The van der Waals surface area contributed by atoms with Crippen LogP contribution in [0.4, 0.5) is 0 Å². The molecule has 0 spiro atoms. The van der Waals surface area contributed by atoms with Crippen molar-refractivity contribution in [2.75, 3.05) is 0 Å². The van der Waals surface area contributed by atoms with Gasteiger partial charge >= 0.3 is 11.1 Å². The van der Waals surface area contributed by atoms with Crippen LogP contribution in [0.15, 0.2) is 63.1 Å². The van der Waals surface area contributed by atoms with Gasteiger partial charge in [0, 0.05) is 17.7 Å². The maximum absolute atomic E-state index is 12.8. The number of halogens is 1. The minimum absolute atomic E-state index is 0.171. The molecule has 130 valence electrons. The Morgan fingerprint density at radius 1 is 1.04 bits per heavy atom. The number of nitrogens with zero attached hydrogens (tertiary/aromatic N) is 4. The number of aryl methyl sites for hydroxylation is 1. The second-order valence-corrected chi connectivity index (χ2v) is 6.25. The molecular formula is C19H15ClN4O2. The van der Waals surface area contributed by atoms with Crippen molar-refractivity contribution in [2.45, 2.75) is 20.0 Å². The summed E-state index contributed by atoms with van der Waals surface area (Å²) in [6.07, 6.45) is 0. The first kappa shape index (κ1) is 16.5. The fourth-order valence-corrected chi connectivity index (χ4v) is 3.37. The minimum atomic E-state index is -0.662. The van der Waals surface area contributed by atoms with Crippen molar-refractivity contribution in [2.24, 2.45) is 4.99 Å². The van der Waals surface area contributed by atoms with Crippen LogP contribution in [0.2, 0.25) is 5.02 Å². The van der Waals surface area contributed by atoms with Gasteiger partial charge in [0.1, 0.15) is 6.54 Å². The standard InChI is InChI=1S/C19H15ClN4O2/c1-2-23-18(25)19(26)24-14-10-6-9-13(20)16(14)17(21-11-15(24)22-23)12-7-4-3-5-8-12/h3-10H,2,11H2,1H3. The highest BCUT2D eigenvalue weighted by molar-refractivity contribution is 6.36. The Morgan fingerprint density at radius 2 is 1.81 bits per heavy atom. The lowest BCUT2D eigenvalue weighted by molar-refractivity contribution is 0.555. The van der Waals surface area contributed by atoms with E-state index in [0.29, 0.717) is 34.4 Å². The second kappa shape index (κ2) is 6.38. The highest BCUT2D eigenvalue weighted by Gasteiger charge is 2.24. The quantitative estimate of drug-likeness (QED) is 0.654. The van der Waals surface area contributed by atoms with E-state index in [1.165, 1.54) is 9.25 Å². The molecule has 0 fully saturated rings. The summed E-state index contributed by atoms with van der Waals surface area (Å²) in [6, 6.07) is 14.9. The van der Waals surface area contributed by atoms with Gasteiger partial charge in [-0.05, 0) is 19.1 Å². The van der Waals surface area contributed by atoms with Crippen LogP contribution in [0.1, 0.15) is 23.9 Å². The molecule has 0 aliphatic carbocycles. The maximum atomic E-state index is 12.8. The maximum Gasteiger partial charge on any atom is 0.332 e. The molecule has 26 heavy (non-hydrogen) atoms. The van der Waals surface area contributed by atoms with E-state index in [2.05, 4.69) is 10.1 Å². The summed E-state index contributed by atoms with van der Waals surface area (Å²) in [6.45, 7) is 2.26. The predicted molar refractivity (Wildman–Crippen MR) is 101 cm³/mol. The van der Waals surface area contributed by atoms with Gasteiger partial charge in [-0.25, -0.2) is 4.68 Å². The Bertz CT molecular complexity index is 1150. The van der Waals surface area contributed by atoms with Crippen LogP contribution in [0.5, 0.6) is 0 Å². The van der Waals surface area contributed by atoms with Gasteiger partial charge in [0.2, 0.25) is 0 Å². The number of hydrogen-bond acceptors (Lipinski definition) is 4. The molecule has 0 radical (unpaired) electrons. The van der Waals surface area contributed by atoms with Crippen LogP contribution >= 0.6 is 11.6 Å². The first-order valence-corrected chi connectivity index (χ1v) is 8.61. The summed E-state index contributed by atoms with van der Waals surface area (Å²) in [5.41, 5.74) is 1.39. The van der Waals surface area contributed by atoms with Crippen LogP contribution in [-0.2, 0) is 13.1 Å². The van der Waals surface area contributed by atoms with E-state index in [1.54, 1.807) is 25.1 Å². The molecule has 2 aromatic carbocycles. The molecule has 0 unspecified atom stereocenters. The van der Waals surface area contributed by atoms with E-state index >= 15 is 0 Å². The zero-order valence-corrected chi connectivity index (χ0v) is 14.8. The third kappa shape index (κ3) is 2.50. The predicted octanol–water partition coefficient (Wildman–Crippen LogP) is 2.42. The third-order valence-corrected chi connectivity index (χ3v) is 4.62. The topological polar surface area (TPSA) is 69.2 Å². The molecule has 4 rings (SSSR count). The highest BCUT2D eigenvalue weighted by atomic mass is 35.5. The molecule has 2 heterocycles. The molecule has 0 saturated heterocycles. The molecule has 0 saturated carbocycles. The van der Waals surface area contributed by atoms with Gasteiger partial charge in [0.25, 0.3) is 0 Å². The Kier molecular flexibility index (Phi) is 4.05. The molecule has 6 nitrogen and oxygen atoms in total. The largest absolute Gasteiger partial charge is 0.332 e. The van der Waals surface area contributed by atoms with Crippen molar-refractivity contribution in [1.82, 2.24) is 14.3 Å². The smallest absolute Gasteiger partial charge is 0.276 e. The highest BCUT2D eigenvalue weighted by Crippen LogP contribution is 2.28. The Hall–Kier alpha value is -2.99. The van der Waals surface area contributed by atoms with E-state index in [0.717, 1.165) is 5.56 Å². The fraction of sp³-hybridized carbons (Fsp3) is 0.158. The third-order valence-electron chi connectivity index (χ3n) is 4.31. The molecular weight excluding hydrogens is 352 g/mol. The molecule has 7 heteroatoms. The Morgan fingerprint density at radius 3 is 2.54 bits per heavy atom. The lowest BCUT2D eigenvalue weighted by atomic mass is 10.0. The normalized spacial score (nSPS) is 12.8. The van der Waals surface area contributed by atoms with E-state index in [1.807, 2.05) is 30.3 Å². The lowest BCUT2D eigenvalue weighted by Crippen LogP contribution is -2.43. The SMILES string of the molecule is CCn1nc2n(c(=O)c1=O)-c1cccc(Cl)c1C(c1ccccc1)=NC2. The van der Waals surface area contributed by atoms with Gasteiger partial charge in [0.15, 0.2) is 5.82 Å². The zero-order valence-electron chi connectivity index (χ0n) is 14.0. The van der Waals surface area contributed by atoms with E-state index < -0.39 is 11.1 Å². The van der Waals surface area contributed by atoms with Crippen LogP contribution in [-0.4, -0.2) is 20.1 Å². The summed E-state index contributed by atoms with van der Waals surface area (Å²) in [7, 11) is 0. The van der Waals surface area contributed by atoms with Crippen LogP contribution in [0.25, 0.3) is 5.69 Å². The van der Waals surface area contributed by atoms with Crippen molar-refractivity contribution in [3.05, 3.63) is 91.2 Å². The first-order valence-electron chi connectivity index (χ1n) is 8.24. The number of aliphatic imine (C=N–C) groups is 1. The molecule has 3 aromatic rings. The Balaban J connectivity index is 2.09. The molecule has 0 N–H and O–H groups in total. The van der Waals surface area contributed by atoms with E-state index in [4.69, 9.17) is 11.6 Å². The number of benzene rings is 2. The second-order valence-electron chi connectivity index (χ2n) is 5.84. The fourth-order valence-electron chi connectivity index (χ4n) is 3.11. The number of rotatable bonds is 2. The summed E-state index contributed by atoms with van der Waals surface area (Å²) in [4.78, 5) is 29.8. The lowest BCUT2D eigenvalue weighted by Gasteiger charge is -2.14. The van der Waals surface area contributed by atoms with Crippen molar-refractivity contribution < 1.29 is 0 Å². The van der Waals surface area contributed by atoms with Gasteiger partial charge in [0.05, 0.1) is 16.4 Å². The van der Waals surface area contributed by atoms with E-state index in [-0.39, 0.29) is 6.54 Å². The first-order chi connectivity index (χ1) is 12.6. The number of hydrogen-bond donors (Lipinski definition) is 0. The summed E-state index contributed by atoms with van der Waals surface area (Å²) in [5, 5.41) is 4.79. The zero-order chi connectivity index (χ0) is 18.3. The van der Waals surface area contributed by atoms with Gasteiger partial charge in [-0.2, -0.15) is 5.10 Å². The minimum Gasteiger partial charge on any atom is -0.276 e. The van der Waals surface area contributed by atoms with Crippen LogP contribution in [0, 0.1) is 0 Å². The molecule has 0 bridgehead atoms. The van der Waals surface area contributed by atoms with Gasteiger partial charge < -0.3 is 0 Å². The Labute approximate surface area is 154 Å². The molecule has 1 aliphatic heterocycles. The average molecular weight is 367 g/mol. The van der Waals surface area contributed by atoms with E-state index in [9.17, 15) is 9.59 Å². The average Bonchev–Trinajstić information content (AvgIpc) is 2.83. The monoisotopic (exact) mass is 366 g/mol.